The van der Waals surface area contributed by atoms with Gasteiger partial charge in [0.1, 0.15) is 0 Å². The number of hydrogen-bond donors (Lipinski definition) is 0. The minimum Gasteiger partial charge on any atom is -0.338 e. The van der Waals surface area contributed by atoms with Crippen molar-refractivity contribution in [1.82, 2.24) is 9.21 Å². The molecular weight excluding hydrogens is 431 g/mol. The van der Waals surface area contributed by atoms with E-state index in [0.717, 1.165) is 5.56 Å². The molecule has 0 radical (unpaired) electrons. The molecule has 2 aromatic carbocycles. The highest BCUT2D eigenvalue weighted by Crippen LogP contribution is 2.27. The van der Waals surface area contributed by atoms with Crippen LogP contribution in [0.2, 0.25) is 10.0 Å². The van der Waals surface area contributed by atoms with Crippen LogP contribution in [0.1, 0.15) is 25.3 Å². The zero-order valence-electron chi connectivity index (χ0n) is 16.2. The van der Waals surface area contributed by atoms with E-state index in [1.807, 2.05) is 31.2 Å². The Hall–Kier alpha value is -1.60. The molecule has 1 aliphatic heterocycles. The molecule has 0 atom stereocenters. The molecule has 0 bridgehead atoms. The summed E-state index contributed by atoms with van der Waals surface area (Å²) in [6, 6.07) is 13.7. The van der Waals surface area contributed by atoms with Crippen molar-refractivity contribution < 1.29 is 13.2 Å². The minimum absolute atomic E-state index is 0.0518. The van der Waals surface area contributed by atoms with E-state index < -0.39 is 10.0 Å². The van der Waals surface area contributed by atoms with E-state index in [1.165, 1.54) is 16.4 Å². The quantitative estimate of drug-likeness (QED) is 0.647. The van der Waals surface area contributed by atoms with Gasteiger partial charge in [-0.25, -0.2) is 8.42 Å². The molecule has 5 nitrogen and oxygen atoms in total. The monoisotopic (exact) mass is 454 g/mol. The summed E-state index contributed by atoms with van der Waals surface area (Å²) in [5, 5.41) is 1.13. The summed E-state index contributed by atoms with van der Waals surface area (Å²) < 4.78 is 27.1. The summed E-state index contributed by atoms with van der Waals surface area (Å²) in [5.41, 5.74) is 0.909. The van der Waals surface area contributed by atoms with Crippen molar-refractivity contribution in [2.75, 3.05) is 19.6 Å². The fraction of sp³-hybridized carbons (Fsp3) is 0.381. The maximum Gasteiger partial charge on any atom is 0.243 e. The largest absolute Gasteiger partial charge is 0.338 e. The molecule has 1 fully saturated rings. The predicted octanol–water partition coefficient (Wildman–Crippen LogP) is 4.44. The van der Waals surface area contributed by atoms with Gasteiger partial charge in [-0.2, -0.15) is 4.31 Å². The first kappa shape index (κ1) is 22.1. The molecule has 156 valence electrons. The Morgan fingerprint density at radius 1 is 1.07 bits per heavy atom. The van der Waals surface area contributed by atoms with E-state index in [4.69, 9.17) is 23.2 Å². The minimum atomic E-state index is -3.58. The van der Waals surface area contributed by atoms with Crippen LogP contribution in [0.15, 0.2) is 53.4 Å². The lowest BCUT2D eigenvalue weighted by Gasteiger charge is -2.33. The number of amides is 1. The van der Waals surface area contributed by atoms with Crippen LogP contribution in [-0.4, -0.2) is 43.2 Å². The van der Waals surface area contributed by atoms with Gasteiger partial charge in [-0.05, 0) is 55.7 Å². The number of halogens is 2. The SMILES string of the molecule is CCN(Cc1ccccc1Cl)C(=O)C1CCN(S(=O)(=O)c2ccc(Cl)cc2)CC1. The van der Waals surface area contributed by atoms with E-state index in [9.17, 15) is 13.2 Å². The summed E-state index contributed by atoms with van der Waals surface area (Å²) in [5.74, 6) is -0.134. The smallest absolute Gasteiger partial charge is 0.243 e. The van der Waals surface area contributed by atoms with Crippen molar-refractivity contribution in [2.24, 2.45) is 5.92 Å². The Balaban J connectivity index is 1.64. The average Bonchev–Trinajstić information content (AvgIpc) is 2.73. The van der Waals surface area contributed by atoms with Gasteiger partial charge >= 0.3 is 0 Å². The van der Waals surface area contributed by atoms with Crippen molar-refractivity contribution in [2.45, 2.75) is 31.2 Å². The molecule has 8 heteroatoms. The third kappa shape index (κ3) is 5.12. The van der Waals surface area contributed by atoms with Gasteiger partial charge in [-0.3, -0.25) is 4.79 Å². The van der Waals surface area contributed by atoms with Gasteiger partial charge in [0.2, 0.25) is 15.9 Å². The second-order valence-electron chi connectivity index (χ2n) is 7.08. The first-order valence-electron chi connectivity index (χ1n) is 9.61. The standard InChI is InChI=1S/C21H24Cl2N2O3S/c1-2-24(15-17-5-3-4-6-20(17)23)21(26)16-11-13-25(14-12-16)29(27,28)19-9-7-18(22)8-10-19/h3-10,16H,2,11-15H2,1H3. The average molecular weight is 455 g/mol. The topological polar surface area (TPSA) is 57.7 Å². The van der Waals surface area contributed by atoms with Crippen LogP contribution in [0.4, 0.5) is 0 Å². The lowest BCUT2D eigenvalue weighted by atomic mass is 9.96. The number of hydrogen-bond acceptors (Lipinski definition) is 3. The molecule has 0 unspecified atom stereocenters. The van der Waals surface area contributed by atoms with Crippen LogP contribution in [0.3, 0.4) is 0 Å². The first-order chi connectivity index (χ1) is 13.8. The second-order valence-corrected chi connectivity index (χ2v) is 9.86. The van der Waals surface area contributed by atoms with E-state index in [0.29, 0.717) is 49.1 Å². The Morgan fingerprint density at radius 3 is 2.28 bits per heavy atom. The van der Waals surface area contributed by atoms with Gasteiger partial charge in [-0.1, -0.05) is 41.4 Å². The number of sulfonamides is 1. The summed E-state index contributed by atoms with van der Waals surface area (Å²) in [6.07, 6.45) is 1.01. The van der Waals surface area contributed by atoms with Crippen molar-refractivity contribution in [3.63, 3.8) is 0 Å². The molecule has 0 saturated carbocycles. The van der Waals surface area contributed by atoms with Gasteiger partial charge in [0.25, 0.3) is 0 Å². The van der Waals surface area contributed by atoms with Gasteiger partial charge < -0.3 is 4.90 Å². The number of nitrogens with zero attached hydrogens (tertiary/aromatic N) is 2. The van der Waals surface area contributed by atoms with Crippen molar-refractivity contribution in [3.8, 4) is 0 Å². The molecule has 1 saturated heterocycles. The Labute approximate surface area is 182 Å². The van der Waals surface area contributed by atoms with Crippen molar-refractivity contribution >= 4 is 39.1 Å². The third-order valence-corrected chi connectivity index (χ3v) is 7.80. The van der Waals surface area contributed by atoms with Crippen LogP contribution in [0.25, 0.3) is 0 Å². The highest BCUT2D eigenvalue weighted by Gasteiger charge is 2.33. The molecule has 1 heterocycles. The molecule has 1 aliphatic rings. The zero-order valence-corrected chi connectivity index (χ0v) is 18.6. The van der Waals surface area contributed by atoms with Crippen LogP contribution in [0.5, 0.6) is 0 Å². The van der Waals surface area contributed by atoms with E-state index >= 15 is 0 Å². The molecule has 29 heavy (non-hydrogen) atoms. The lowest BCUT2D eigenvalue weighted by Crippen LogP contribution is -2.44. The molecular formula is C21H24Cl2N2O3S. The summed E-state index contributed by atoms with van der Waals surface area (Å²) >= 11 is 12.1. The van der Waals surface area contributed by atoms with Crippen molar-refractivity contribution in [3.05, 3.63) is 64.1 Å². The molecule has 3 rings (SSSR count). The molecule has 0 aromatic heterocycles. The van der Waals surface area contributed by atoms with E-state index in [-0.39, 0.29) is 16.7 Å². The zero-order chi connectivity index (χ0) is 21.0. The fourth-order valence-electron chi connectivity index (χ4n) is 3.53. The molecule has 0 aliphatic carbocycles. The van der Waals surface area contributed by atoms with Crippen LogP contribution < -0.4 is 0 Å². The van der Waals surface area contributed by atoms with Crippen LogP contribution in [0, 0.1) is 5.92 Å². The highest BCUT2D eigenvalue weighted by molar-refractivity contribution is 7.89. The normalized spacial score (nSPS) is 16.0. The van der Waals surface area contributed by atoms with E-state index in [1.54, 1.807) is 17.0 Å². The second kappa shape index (κ2) is 9.47. The molecule has 2 aromatic rings. The first-order valence-corrected chi connectivity index (χ1v) is 11.8. The number of benzene rings is 2. The summed E-state index contributed by atoms with van der Waals surface area (Å²) in [7, 11) is -3.58. The fourth-order valence-corrected chi connectivity index (χ4v) is 5.33. The van der Waals surface area contributed by atoms with Gasteiger partial charge in [0.15, 0.2) is 0 Å². The Morgan fingerprint density at radius 2 is 1.69 bits per heavy atom. The number of carbonyl (C=O) groups excluding carboxylic acids is 1. The third-order valence-electron chi connectivity index (χ3n) is 5.27. The molecule has 1 amide bonds. The van der Waals surface area contributed by atoms with Gasteiger partial charge in [0, 0.05) is 42.1 Å². The summed E-state index contributed by atoms with van der Waals surface area (Å²) in [4.78, 5) is 15.0. The maximum atomic E-state index is 13.0. The predicted molar refractivity (Wildman–Crippen MR) is 115 cm³/mol. The molecule has 0 N–H and O–H groups in total. The van der Waals surface area contributed by atoms with Crippen molar-refractivity contribution in [1.29, 1.82) is 0 Å². The van der Waals surface area contributed by atoms with Crippen LogP contribution >= 0.6 is 23.2 Å². The lowest BCUT2D eigenvalue weighted by molar-refractivity contribution is -0.137. The Bertz CT molecular complexity index is 956. The number of carbonyl (C=O) groups is 1. The van der Waals surface area contributed by atoms with Gasteiger partial charge in [0.05, 0.1) is 4.90 Å². The Kier molecular flexibility index (Phi) is 7.22. The maximum absolute atomic E-state index is 13.0. The summed E-state index contributed by atoms with van der Waals surface area (Å²) in [6.45, 7) is 3.62. The molecule has 0 spiro atoms. The van der Waals surface area contributed by atoms with Crippen LogP contribution in [-0.2, 0) is 21.4 Å². The van der Waals surface area contributed by atoms with Gasteiger partial charge in [-0.15, -0.1) is 0 Å². The highest BCUT2D eigenvalue weighted by atomic mass is 35.5. The van der Waals surface area contributed by atoms with E-state index in [2.05, 4.69) is 0 Å². The number of piperidine rings is 1. The number of rotatable bonds is 6.